The number of carbonyl (C=O) groups excluding carboxylic acids is 4. The Morgan fingerprint density at radius 2 is 0.589 bits per heavy atom. The van der Waals surface area contributed by atoms with Crippen molar-refractivity contribution >= 4 is 74.4 Å². The summed E-state index contributed by atoms with van der Waals surface area (Å²) in [6, 6.07) is 51.0. The molecule has 112 heavy (non-hydrogen) atoms. The van der Waals surface area contributed by atoms with Crippen molar-refractivity contribution in [1.82, 2.24) is 39.9 Å². The first kappa shape index (κ1) is 78.4. The number of carbonyl (C=O) groups is 4. The second kappa shape index (κ2) is 35.5. The predicted molar refractivity (Wildman–Crippen MR) is 432 cm³/mol. The highest BCUT2D eigenvalue weighted by atomic mass is 79.9. The highest BCUT2D eigenvalue weighted by molar-refractivity contribution is 9.10. The van der Waals surface area contributed by atoms with Crippen molar-refractivity contribution in [2.75, 3.05) is 21.3 Å². The largest absolute Gasteiger partial charge is 0.508 e. The summed E-state index contributed by atoms with van der Waals surface area (Å²) < 4.78 is 14.0. The quantitative estimate of drug-likeness (QED) is 0.0434. The van der Waals surface area contributed by atoms with Crippen LogP contribution in [0.15, 0.2) is 174 Å². The summed E-state index contributed by atoms with van der Waals surface area (Å²) in [4.78, 5) is 87.2. The molecule has 568 valence electrons. The van der Waals surface area contributed by atoms with E-state index in [1.807, 2.05) is 137 Å². The van der Waals surface area contributed by atoms with Crippen molar-refractivity contribution in [2.45, 2.75) is 131 Å². The van der Waals surface area contributed by atoms with Crippen LogP contribution in [0.2, 0.25) is 5.02 Å². The fraction of sp³-hybridized carbons (Fsp3) is 0.227. The molecule has 0 aliphatic heterocycles. The molecule has 4 heterocycles. The van der Waals surface area contributed by atoms with E-state index >= 15 is 0 Å². The first-order valence-corrected chi connectivity index (χ1v) is 37.9. The molecule has 21 nitrogen and oxygen atoms in total. The molecule has 8 aromatic carbocycles. The average molecular weight is 1590 g/mol. The Labute approximate surface area is 660 Å². The number of benzene rings is 8. The lowest BCUT2D eigenvalue weighted by Gasteiger charge is -2.20. The highest BCUT2D eigenvalue weighted by Gasteiger charge is 2.27. The van der Waals surface area contributed by atoms with Crippen LogP contribution >= 0.6 is 27.5 Å². The number of fused-ring (bicyclic) bond motifs is 12. The zero-order valence-corrected chi connectivity index (χ0v) is 64.4. The molecule has 4 amide bonds. The number of amides is 4. The average Bonchev–Trinajstić information content (AvgIpc) is 0.790. The van der Waals surface area contributed by atoms with Gasteiger partial charge in [-0.15, -0.1) is 0 Å². The van der Waals surface area contributed by atoms with Gasteiger partial charge in [-0.25, -0.2) is 44.3 Å². The van der Waals surface area contributed by atoms with Crippen LogP contribution in [0.3, 0.4) is 0 Å². The molecule has 9 N–H and O–H groups in total. The third kappa shape index (κ3) is 19.2. The lowest BCUT2D eigenvalue weighted by atomic mass is 9.90. The van der Waals surface area contributed by atoms with E-state index < -0.39 is 0 Å². The van der Waals surface area contributed by atoms with Gasteiger partial charge in [-0.3, -0.25) is 19.2 Å². The van der Waals surface area contributed by atoms with Gasteiger partial charge in [-0.2, -0.15) is 0 Å². The lowest BCUT2D eigenvalue weighted by molar-refractivity contribution is -0.116. The molecule has 0 bridgehead atoms. The number of halogens is 3. The molecule has 0 atom stereocenters. The van der Waals surface area contributed by atoms with Gasteiger partial charge >= 0.3 is 0 Å². The normalized spacial score (nSPS) is 12.2. The molecule has 0 saturated heterocycles. The number of hydrogen-bond acceptors (Lipinski definition) is 17. The molecule has 4 aliphatic carbocycles. The standard InChI is InChI=1S/C22H20BrN3O2.C22H20ClN3O2.C22H20FN3O2.C22H21N3O3/c3*1-13-22(26-20(28)11-14-2-6-17(23)7-3-14)25-19-9-5-16-10-15(12-27)4-8-18(16)21(19)24-13;1-13-22(25-20(28)11-14-2-6-17(27)7-3-14)24-19-9-5-16-10-15(12-26)4-8-18(16)21(19)23-13/h3*2-4,6-8,10,27H,5,9,11-12H2,1H3,(H,25,26,28);2-4,6-8,10,26-27H,5,9,11-12H2,1H3,(H,24,25,28). The number of phenolic OH excluding ortho intramolecular Hbond substituents is 1. The van der Waals surface area contributed by atoms with Crippen molar-refractivity contribution in [1.29, 1.82) is 0 Å². The Hall–Kier alpha value is -11.7. The Balaban J connectivity index is 0.000000131. The summed E-state index contributed by atoms with van der Waals surface area (Å²) in [5, 5.41) is 58.8. The van der Waals surface area contributed by atoms with Crippen LogP contribution in [0.5, 0.6) is 5.75 Å². The lowest BCUT2D eigenvalue weighted by Crippen LogP contribution is -2.19. The van der Waals surface area contributed by atoms with Crippen molar-refractivity contribution in [3.8, 4) is 50.8 Å². The Bertz CT molecular complexity index is 4880. The number of aryl methyl sites for hydroxylation is 12. The van der Waals surface area contributed by atoms with E-state index in [1.165, 1.54) is 23.3 Å². The smallest absolute Gasteiger partial charge is 0.229 e. The van der Waals surface area contributed by atoms with E-state index in [0.29, 0.717) is 51.1 Å². The number of aliphatic hydroxyl groups is 4. The van der Waals surface area contributed by atoms with E-state index in [-0.39, 0.29) is 87.3 Å². The van der Waals surface area contributed by atoms with Crippen LogP contribution in [-0.4, -0.2) is 89.0 Å². The second-order valence-corrected chi connectivity index (χ2v) is 29.2. The molecule has 24 heteroatoms. The van der Waals surface area contributed by atoms with E-state index in [4.69, 9.17) is 36.5 Å². The third-order valence-corrected chi connectivity index (χ3v) is 20.5. The predicted octanol–water partition coefficient (Wildman–Crippen LogP) is 14.2. The van der Waals surface area contributed by atoms with Crippen molar-refractivity contribution in [3.63, 3.8) is 0 Å². The zero-order valence-electron chi connectivity index (χ0n) is 62.1. The van der Waals surface area contributed by atoms with Gasteiger partial charge in [0.1, 0.15) is 11.6 Å². The first-order chi connectivity index (χ1) is 54.1. The number of anilines is 4. The number of aromatic nitrogens is 8. The van der Waals surface area contributed by atoms with Crippen LogP contribution in [-0.2, 0) is 123 Å². The van der Waals surface area contributed by atoms with Gasteiger partial charge in [-0.05, 0) is 194 Å². The Morgan fingerprint density at radius 1 is 0.348 bits per heavy atom. The first-order valence-electron chi connectivity index (χ1n) is 36.8. The van der Waals surface area contributed by atoms with Gasteiger partial charge in [0.25, 0.3) is 0 Å². The molecule has 4 aliphatic rings. The molecular formula is C88H81BrClFN12O9. The maximum absolute atomic E-state index is 13.0. The Morgan fingerprint density at radius 3 is 0.857 bits per heavy atom. The van der Waals surface area contributed by atoms with Gasteiger partial charge in [0.05, 0.1) is 120 Å². The number of aliphatic hydroxyl groups excluding tert-OH is 4. The van der Waals surface area contributed by atoms with Crippen LogP contribution in [0.1, 0.15) is 112 Å². The number of phenols is 1. The second-order valence-electron chi connectivity index (χ2n) is 27.9. The topological polar surface area (TPSA) is 321 Å². The minimum absolute atomic E-state index is 0.0177. The third-order valence-electron chi connectivity index (χ3n) is 19.7. The SMILES string of the molecule is Cc1nc2c(nc1NC(=O)Cc1ccc(Br)cc1)CCc1cc(CO)ccc1-2.Cc1nc2c(nc1NC(=O)Cc1ccc(Cl)cc1)CCc1cc(CO)ccc1-2.Cc1nc2c(nc1NC(=O)Cc1ccc(F)cc1)CCc1cc(CO)ccc1-2.Cc1nc2c(nc1NC(=O)Cc1ccc(O)cc1)CCc1cc(CO)ccc1-2. The molecule has 0 spiro atoms. The molecule has 0 radical (unpaired) electrons. The zero-order chi connectivity index (χ0) is 78.7. The summed E-state index contributed by atoms with van der Waals surface area (Å²) in [5.41, 5.74) is 25.4. The molecular weight excluding hydrogens is 1500 g/mol. The van der Waals surface area contributed by atoms with Gasteiger partial charge in [0, 0.05) is 31.7 Å². The number of nitrogens with one attached hydrogen (secondary N) is 4. The maximum atomic E-state index is 13.0. The van der Waals surface area contributed by atoms with Gasteiger partial charge in [0.2, 0.25) is 23.6 Å². The van der Waals surface area contributed by atoms with Crippen molar-refractivity contribution in [2.24, 2.45) is 0 Å². The monoisotopic (exact) mass is 1580 g/mol. The number of aromatic hydroxyl groups is 1. The van der Waals surface area contributed by atoms with Crippen LogP contribution in [0.4, 0.5) is 27.7 Å². The summed E-state index contributed by atoms with van der Waals surface area (Å²) in [6.45, 7) is 7.47. The summed E-state index contributed by atoms with van der Waals surface area (Å²) in [6.07, 6.45) is 7.20. The molecule has 0 fully saturated rings. The molecule has 0 unspecified atom stereocenters. The van der Waals surface area contributed by atoms with Crippen LogP contribution in [0, 0.1) is 33.5 Å². The van der Waals surface area contributed by atoms with Crippen LogP contribution < -0.4 is 21.3 Å². The maximum Gasteiger partial charge on any atom is 0.229 e. The Kier molecular flexibility index (Phi) is 24.9. The summed E-state index contributed by atoms with van der Waals surface area (Å²) >= 11 is 9.29. The molecule has 0 saturated carbocycles. The summed E-state index contributed by atoms with van der Waals surface area (Å²) in [5.74, 6) is 1.19. The summed E-state index contributed by atoms with van der Waals surface area (Å²) in [7, 11) is 0. The van der Waals surface area contributed by atoms with Gasteiger partial charge in [-0.1, -0.05) is 149 Å². The van der Waals surface area contributed by atoms with Gasteiger partial charge < -0.3 is 46.8 Å². The molecule has 16 rings (SSSR count). The minimum Gasteiger partial charge on any atom is -0.508 e. The fourth-order valence-electron chi connectivity index (χ4n) is 13.9. The molecule has 4 aromatic heterocycles. The van der Waals surface area contributed by atoms with Crippen molar-refractivity contribution in [3.05, 3.63) is 297 Å². The molecule has 12 aromatic rings. The van der Waals surface area contributed by atoms with E-state index in [2.05, 4.69) is 52.1 Å². The number of hydrogen-bond donors (Lipinski definition) is 9. The van der Waals surface area contributed by atoms with Crippen molar-refractivity contribution < 1.29 is 49.1 Å². The fourth-order valence-corrected chi connectivity index (χ4v) is 14.3. The number of rotatable bonds is 16. The highest BCUT2D eigenvalue weighted by Crippen LogP contribution is 2.38. The van der Waals surface area contributed by atoms with E-state index in [1.54, 1.807) is 48.5 Å². The van der Waals surface area contributed by atoms with Crippen LogP contribution in [0.25, 0.3) is 45.0 Å². The van der Waals surface area contributed by atoms with Gasteiger partial charge in [0.15, 0.2) is 23.3 Å². The minimum atomic E-state index is -0.327. The van der Waals surface area contributed by atoms with E-state index in [9.17, 15) is 49.1 Å². The van der Waals surface area contributed by atoms with E-state index in [0.717, 1.165) is 179 Å². The number of nitrogens with zero attached hydrogens (tertiary/aromatic N) is 8.